The fourth-order valence-electron chi connectivity index (χ4n) is 2.90. The third-order valence-corrected chi connectivity index (χ3v) is 4.14. The zero-order valence-electron chi connectivity index (χ0n) is 12.4. The zero-order valence-corrected chi connectivity index (χ0v) is 13.2. The Bertz CT molecular complexity index is 438. The number of benzene rings is 1. The number of phenols is 1. The molecule has 1 aromatic carbocycles. The first-order valence-electron chi connectivity index (χ1n) is 6.97. The largest absolute Gasteiger partial charge is 0.502 e. The number of nitrogens with two attached hydrogens (primary N) is 1. The standard InChI is InChI=1S/C15H23NO4.ClH/c1-19-11-7-10(8-12(20-2)15(11)18)13(16)14(17)9-5-3-4-6-9;/h7-9,13-14,17-18H,3-6,16H2,1-2H3;1H/t13-,14+;/m0./s1. The molecule has 1 aliphatic carbocycles. The van der Waals surface area contributed by atoms with Crippen LogP contribution < -0.4 is 15.2 Å². The predicted octanol–water partition coefficient (Wildman–Crippen LogP) is 2.38. The van der Waals surface area contributed by atoms with Crippen molar-refractivity contribution in [2.24, 2.45) is 11.7 Å². The van der Waals surface area contributed by atoms with E-state index < -0.39 is 12.1 Å². The maximum atomic E-state index is 10.4. The summed E-state index contributed by atoms with van der Waals surface area (Å²) in [6.45, 7) is 0. The van der Waals surface area contributed by atoms with Crippen molar-refractivity contribution < 1.29 is 19.7 Å². The maximum Gasteiger partial charge on any atom is 0.200 e. The first-order chi connectivity index (χ1) is 9.58. The molecule has 5 nitrogen and oxygen atoms in total. The van der Waals surface area contributed by atoms with Crippen molar-refractivity contribution in [2.75, 3.05) is 14.2 Å². The summed E-state index contributed by atoms with van der Waals surface area (Å²) in [5.74, 6) is 0.791. The second-order valence-electron chi connectivity index (χ2n) is 5.33. The van der Waals surface area contributed by atoms with E-state index in [1.54, 1.807) is 12.1 Å². The van der Waals surface area contributed by atoms with E-state index in [-0.39, 0.29) is 24.1 Å². The number of aliphatic hydroxyl groups is 1. The molecule has 1 saturated carbocycles. The molecule has 0 saturated heterocycles. The summed E-state index contributed by atoms with van der Waals surface area (Å²) < 4.78 is 10.2. The summed E-state index contributed by atoms with van der Waals surface area (Å²) >= 11 is 0. The minimum atomic E-state index is -0.587. The molecule has 6 heteroatoms. The molecule has 0 unspecified atom stereocenters. The first-order valence-corrected chi connectivity index (χ1v) is 6.97. The van der Waals surface area contributed by atoms with E-state index in [9.17, 15) is 10.2 Å². The smallest absolute Gasteiger partial charge is 0.200 e. The number of halogens is 1. The van der Waals surface area contributed by atoms with Crippen LogP contribution >= 0.6 is 12.4 Å². The van der Waals surface area contributed by atoms with Crippen molar-refractivity contribution in [3.63, 3.8) is 0 Å². The highest BCUT2D eigenvalue weighted by molar-refractivity contribution is 5.85. The summed E-state index contributed by atoms with van der Waals surface area (Å²) in [6.07, 6.45) is 3.74. The lowest BCUT2D eigenvalue weighted by atomic mass is 9.90. The highest BCUT2D eigenvalue weighted by atomic mass is 35.5. The Morgan fingerprint density at radius 1 is 1.14 bits per heavy atom. The molecule has 0 aliphatic heterocycles. The predicted molar refractivity (Wildman–Crippen MR) is 83.4 cm³/mol. The van der Waals surface area contributed by atoms with Gasteiger partial charge in [-0.2, -0.15) is 0 Å². The van der Waals surface area contributed by atoms with E-state index in [2.05, 4.69) is 0 Å². The number of aliphatic hydroxyl groups excluding tert-OH is 1. The van der Waals surface area contributed by atoms with Gasteiger partial charge in [-0.1, -0.05) is 12.8 Å². The van der Waals surface area contributed by atoms with E-state index in [1.807, 2.05) is 0 Å². The van der Waals surface area contributed by atoms with Crippen LogP contribution in [0.15, 0.2) is 12.1 Å². The van der Waals surface area contributed by atoms with Gasteiger partial charge in [0.05, 0.1) is 26.4 Å². The van der Waals surface area contributed by atoms with E-state index in [4.69, 9.17) is 15.2 Å². The number of hydrogen-bond donors (Lipinski definition) is 3. The average molecular weight is 318 g/mol. The summed E-state index contributed by atoms with van der Waals surface area (Å²) in [5, 5.41) is 20.3. The Balaban J connectivity index is 0.00000220. The monoisotopic (exact) mass is 317 g/mol. The fourth-order valence-corrected chi connectivity index (χ4v) is 2.90. The van der Waals surface area contributed by atoms with Gasteiger partial charge in [-0.3, -0.25) is 0 Å². The highest BCUT2D eigenvalue weighted by Gasteiger charge is 2.29. The van der Waals surface area contributed by atoms with Gasteiger partial charge in [0, 0.05) is 0 Å². The summed E-state index contributed by atoms with van der Waals surface area (Å²) in [5.41, 5.74) is 6.88. The molecule has 1 fully saturated rings. The van der Waals surface area contributed by atoms with Crippen molar-refractivity contribution in [3.8, 4) is 17.2 Å². The van der Waals surface area contributed by atoms with Crippen molar-refractivity contribution in [1.29, 1.82) is 0 Å². The summed E-state index contributed by atoms with van der Waals surface area (Å²) in [6, 6.07) is 2.79. The van der Waals surface area contributed by atoms with Gasteiger partial charge in [0.2, 0.25) is 5.75 Å². The van der Waals surface area contributed by atoms with Crippen molar-refractivity contribution in [2.45, 2.75) is 37.8 Å². The molecule has 0 aromatic heterocycles. The van der Waals surface area contributed by atoms with Crippen LogP contribution in [0.3, 0.4) is 0 Å². The van der Waals surface area contributed by atoms with E-state index in [0.717, 1.165) is 25.7 Å². The number of phenolic OH excluding ortho intramolecular Hbond substituents is 1. The number of hydrogen-bond acceptors (Lipinski definition) is 5. The van der Waals surface area contributed by atoms with Crippen LogP contribution in [-0.4, -0.2) is 30.5 Å². The molecule has 0 radical (unpaired) electrons. The molecular formula is C15H24ClNO4. The van der Waals surface area contributed by atoms with E-state index in [0.29, 0.717) is 17.1 Å². The zero-order chi connectivity index (χ0) is 14.7. The Hall–Kier alpha value is -1.17. The molecule has 21 heavy (non-hydrogen) atoms. The minimum Gasteiger partial charge on any atom is -0.502 e. The third kappa shape index (κ3) is 3.73. The van der Waals surface area contributed by atoms with Crippen LogP contribution in [0.2, 0.25) is 0 Å². The van der Waals surface area contributed by atoms with Crippen LogP contribution in [0, 0.1) is 5.92 Å². The van der Waals surface area contributed by atoms with Crippen LogP contribution in [0.1, 0.15) is 37.3 Å². The second-order valence-corrected chi connectivity index (χ2v) is 5.33. The maximum absolute atomic E-state index is 10.4. The lowest BCUT2D eigenvalue weighted by Crippen LogP contribution is -2.31. The van der Waals surface area contributed by atoms with Crippen LogP contribution in [-0.2, 0) is 0 Å². The van der Waals surface area contributed by atoms with Crippen LogP contribution in [0.25, 0.3) is 0 Å². The third-order valence-electron chi connectivity index (χ3n) is 4.14. The van der Waals surface area contributed by atoms with Gasteiger partial charge in [-0.25, -0.2) is 0 Å². The average Bonchev–Trinajstić information content (AvgIpc) is 3.00. The van der Waals surface area contributed by atoms with Gasteiger partial charge in [0.1, 0.15) is 0 Å². The van der Waals surface area contributed by atoms with Crippen molar-refractivity contribution in [3.05, 3.63) is 17.7 Å². The van der Waals surface area contributed by atoms with E-state index >= 15 is 0 Å². The lowest BCUT2D eigenvalue weighted by Gasteiger charge is -2.25. The quantitative estimate of drug-likeness (QED) is 0.776. The van der Waals surface area contributed by atoms with Gasteiger partial charge >= 0.3 is 0 Å². The number of methoxy groups -OCH3 is 2. The number of ether oxygens (including phenoxy) is 2. The Morgan fingerprint density at radius 2 is 1.62 bits per heavy atom. The van der Waals surface area contributed by atoms with Gasteiger partial charge < -0.3 is 25.4 Å². The summed E-state index contributed by atoms with van der Waals surface area (Å²) in [7, 11) is 2.94. The number of aromatic hydroxyl groups is 1. The Labute approximate surface area is 131 Å². The normalized spacial score (nSPS) is 17.9. The Morgan fingerprint density at radius 3 is 2.05 bits per heavy atom. The molecule has 1 aliphatic rings. The van der Waals surface area contributed by atoms with E-state index in [1.165, 1.54) is 14.2 Å². The van der Waals surface area contributed by atoms with Gasteiger partial charge in [-0.15, -0.1) is 12.4 Å². The van der Waals surface area contributed by atoms with Gasteiger partial charge in [-0.05, 0) is 36.5 Å². The summed E-state index contributed by atoms with van der Waals surface area (Å²) in [4.78, 5) is 0. The molecule has 0 spiro atoms. The molecule has 0 amide bonds. The fraction of sp³-hybridized carbons (Fsp3) is 0.600. The Kier molecular flexibility index (Phi) is 6.58. The lowest BCUT2D eigenvalue weighted by molar-refractivity contribution is 0.0843. The minimum absolute atomic E-state index is 0. The highest BCUT2D eigenvalue weighted by Crippen LogP contribution is 2.40. The molecule has 120 valence electrons. The molecule has 2 rings (SSSR count). The van der Waals surface area contributed by atoms with Crippen LogP contribution in [0.5, 0.6) is 17.2 Å². The molecule has 1 aromatic rings. The van der Waals surface area contributed by atoms with Gasteiger partial charge in [0.25, 0.3) is 0 Å². The van der Waals surface area contributed by atoms with Crippen LogP contribution in [0.4, 0.5) is 0 Å². The molecule has 0 heterocycles. The van der Waals surface area contributed by atoms with Crippen molar-refractivity contribution >= 4 is 12.4 Å². The first kappa shape index (κ1) is 17.9. The molecule has 0 bridgehead atoms. The topological polar surface area (TPSA) is 84.9 Å². The SMILES string of the molecule is COc1cc([C@H](N)[C@H](O)C2CCCC2)cc(OC)c1O.Cl. The van der Waals surface area contributed by atoms with Gasteiger partial charge in [0.15, 0.2) is 11.5 Å². The second kappa shape index (κ2) is 7.73. The number of rotatable bonds is 5. The molecule has 2 atom stereocenters. The van der Waals surface area contributed by atoms with Crippen molar-refractivity contribution in [1.82, 2.24) is 0 Å². The molecule has 4 N–H and O–H groups in total. The molecular weight excluding hydrogens is 294 g/mol.